The normalized spacial score (nSPS) is 12.7. The van der Waals surface area contributed by atoms with E-state index in [0.717, 1.165) is 16.5 Å². The number of para-hydroxylation sites is 1. The largest absolute Gasteiger partial charge is 0.274 e. The third kappa shape index (κ3) is 2.77. The fourth-order valence-electron chi connectivity index (χ4n) is 2.74. The summed E-state index contributed by atoms with van der Waals surface area (Å²) in [4.78, 5) is 0.107. The number of rotatable bonds is 3. The first kappa shape index (κ1) is 16.5. The summed E-state index contributed by atoms with van der Waals surface area (Å²) in [6.45, 7) is 6.36. The molecular formula is C16H21N5O2S. The van der Waals surface area contributed by atoms with Crippen molar-refractivity contribution in [3.63, 3.8) is 0 Å². The highest BCUT2D eigenvalue weighted by atomic mass is 32.2. The van der Waals surface area contributed by atoms with Gasteiger partial charge in [-0.3, -0.25) is 14.1 Å². The van der Waals surface area contributed by atoms with Gasteiger partial charge in [-0.2, -0.15) is 10.2 Å². The minimum atomic E-state index is -3.73. The Hall–Kier alpha value is -2.35. The lowest BCUT2D eigenvalue weighted by atomic mass is 9.86. The van der Waals surface area contributed by atoms with Crippen LogP contribution in [0.15, 0.2) is 35.5 Å². The van der Waals surface area contributed by atoms with Crippen molar-refractivity contribution in [3.8, 4) is 0 Å². The van der Waals surface area contributed by atoms with Gasteiger partial charge in [0.25, 0.3) is 10.0 Å². The Morgan fingerprint density at radius 3 is 2.46 bits per heavy atom. The topological polar surface area (TPSA) is 81.8 Å². The minimum Gasteiger partial charge on any atom is -0.274 e. The first-order chi connectivity index (χ1) is 11.1. The first-order valence-corrected chi connectivity index (χ1v) is 9.05. The summed E-state index contributed by atoms with van der Waals surface area (Å²) >= 11 is 0. The predicted octanol–water partition coefficient (Wildman–Crippen LogP) is 2.41. The summed E-state index contributed by atoms with van der Waals surface area (Å²) in [5.74, 6) is 0.322. The second-order valence-corrected chi connectivity index (χ2v) is 8.56. The molecule has 2 aromatic heterocycles. The maximum absolute atomic E-state index is 12.5. The molecule has 8 heteroatoms. The van der Waals surface area contributed by atoms with E-state index in [2.05, 4.69) is 35.7 Å². The van der Waals surface area contributed by atoms with E-state index in [9.17, 15) is 8.42 Å². The Bertz CT molecular complexity index is 1010. The van der Waals surface area contributed by atoms with Crippen LogP contribution in [-0.4, -0.2) is 28.0 Å². The number of benzene rings is 1. The SMILES string of the molecule is Cn1cc(S(=O)(=O)Nc2nn(C)c3c(C(C)(C)C)cccc23)cn1. The number of aryl methyl sites for hydroxylation is 2. The molecule has 7 nitrogen and oxygen atoms in total. The summed E-state index contributed by atoms with van der Waals surface area (Å²) in [5, 5.41) is 9.07. The fourth-order valence-corrected chi connectivity index (χ4v) is 3.74. The molecule has 0 aliphatic heterocycles. The maximum Gasteiger partial charge on any atom is 0.266 e. The van der Waals surface area contributed by atoms with E-state index in [4.69, 9.17) is 0 Å². The number of hydrogen-bond donors (Lipinski definition) is 1. The number of nitrogens with one attached hydrogen (secondary N) is 1. The lowest BCUT2D eigenvalue weighted by molar-refractivity contribution is 0.590. The average molecular weight is 347 g/mol. The van der Waals surface area contributed by atoms with Crippen molar-refractivity contribution in [2.75, 3.05) is 4.72 Å². The molecule has 0 saturated heterocycles. The molecule has 3 rings (SSSR count). The molecule has 0 unspecified atom stereocenters. The summed E-state index contributed by atoms with van der Waals surface area (Å²) in [6, 6.07) is 5.84. The monoisotopic (exact) mass is 347 g/mol. The van der Waals surface area contributed by atoms with Crippen LogP contribution in [0.5, 0.6) is 0 Å². The van der Waals surface area contributed by atoms with Gasteiger partial charge in [0.1, 0.15) is 4.90 Å². The summed E-state index contributed by atoms with van der Waals surface area (Å²) in [6.07, 6.45) is 2.77. The molecule has 0 aliphatic rings. The summed E-state index contributed by atoms with van der Waals surface area (Å²) in [5.41, 5.74) is 1.96. The Labute approximate surface area is 141 Å². The minimum absolute atomic E-state index is 0.0766. The molecule has 0 bridgehead atoms. The second kappa shape index (κ2) is 5.34. The van der Waals surface area contributed by atoms with Crippen LogP contribution in [0, 0.1) is 0 Å². The Morgan fingerprint density at radius 1 is 1.17 bits per heavy atom. The summed E-state index contributed by atoms with van der Waals surface area (Å²) < 4.78 is 30.8. The van der Waals surface area contributed by atoms with Gasteiger partial charge in [0.2, 0.25) is 0 Å². The van der Waals surface area contributed by atoms with Crippen molar-refractivity contribution in [1.29, 1.82) is 0 Å². The smallest absolute Gasteiger partial charge is 0.266 e. The lowest BCUT2D eigenvalue weighted by Gasteiger charge is -2.20. The zero-order valence-electron chi connectivity index (χ0n) is 14.4. The van der Waals surface area contributed by atoms with Crippen molar-refractivity contribution in [3.05, 3.63) is 36.2 Å². The van der Waals surface area contributed by atoms with Gasteiger partial charge in [-0.25, -0.2) is 8.42 Å². The Balaban J connectivity index is 2.12. The number of sulfonamides is 1. The highest BCUT2D eigenvalue weighted by Crippen LogP contribution is 2.33. The summed E-state index contributed by atoms with van der Waals surface area (Å²) in [7, 11) is -0.238. The number of anilines is 1. The van der Waals surface area contributed by atoms with Crippen molar-refractivity contribution in [1.82, 2.24) is 19.6 Å². The van der Waals surface area contributed by atoms with Crippen molar-refractivity contribution >= 4 is 26.7 Å². The molecule has 3 aromatic rings. The van der Waals surface area contributed by atoms with Crippen LogP contribution < -0.4 is 4.72 Å². The number of aromatic nitrogens is 4. The molecule has 0 amide bonds. The van der Waals surface area contributed by atoms with E-state index < -0.39 is 10.0 Å². The highest BCUT2D eigenvalue weighted by Gasteiger charge is 2.24. The average Bonchev–Trinajstić information content (AvgIpc) is 3.03. The lowest BCUT2D eigenvalue weighted by Crippen LogP contribution is -2.13. The van der Waals surface area contributed by atoms with Gasteiger partial charge in [0, 0.05) is 25.7 Å². The van der Waals surface area contributed by atoms with Crippen LogP contribution >= 0.6 is 0 Å². The van der Waals surface area contributed by atoms with Crippen molar-refractivity contribution in [2.24, 2.45) is 14.1 Å². The highest BCUT2D eigenvalue weighted by molar-refractivity contribution is 7.92. The molecule has 0 saturated carbocycles. The van der Waals surface area contributed by atoms with Gasteiger partial charge in [-0.05, 0) is 17.0 Å². The molecule has 24 heavy (non-hydrogen) atoms. The van der Waals surface area contributed by atoms with Crippen molar-refractivity contribution < 1.29 is 8.42 Å². The van der Waals surface area contributed by atoms with Crippen LogP contribution in [0.3, 0.4) is 0 Å². The van der Waals surface area contributed by atoms with Crippen LogP contribution in [0.4, 0.5) is 5.82 Å². The zero-order valence-corrected chi connectivity index (χ0v) is 15.2. The molecule has 2 heterocycles. The van der Waals surface area contributed by atoms with Gasteiger partial charge in [-0.1, -0.05) is 32.9 Å². The van der Waals surface area contributed by atoms with E-state index in [0.29, 0.717) is 5.82 Å². The molecule has 0 fully saturated rings. The Morgan fingerprint density at radius 2 is 1.88 bits per heavy atom. The fraction of sp³-hybridized carbons (Fsp3) is 0.375. The van der Waals surface area contributed by atoms with Crippen molar-refractivity contribution in [2.45, 2.75) is 31.1 Å². The standard InChI is InChI=1S/C16H21N5O2S/c1-16(2,3)13-8-6-7-12-14(13)21(5)18-15(12)19-24(22,23)11-9-17-20(4)10-11/h6-10H,1-5H3,(H,18,19). The molecule has 128 valence electrons. The number of fused-ring (bicyclic) bond motifs is 1. The van der Waals surface area contributed by atoms with E-state index in [-0.39, 0.29) is 10.3 Å². The van der Waals surface area contributed by atoms with E-state index >= 15 is 0 Å². The third-order valence-electron chi connectivity index (χ3n) is 3.90. The second-order valence-electron chi connectivity index (χ2n) is 6.88. The van der Waals surface area contributed by atoms with E-state index in [1.165, 1.54) is 17.1 Å². The van der Waals surface area contributed by atoms with Gasteiger partial charge in [-0.15, -0.1) is 0 Å². The quantitative estimate of drug-likeness (QED) is 0.789. The molecule has 0 radical (unpaired) electrons. The van der Waals surface area contributed by atoms with Gasteiger partial charge in [0.05, 0.1) is 11.7 Å². The molecule has 1 aromatic carbocycles. The number of nitrogens with zero attached hydrogens (tertiary/aromatic N) is 4. The molecule has 0 atom stereocenters. The molecular weight excluding hydrogens is 326 g/mol. The van der Waals surface area contributed by atoms with Crippen LogP contribution in [0.1, 0.15) is 26.3 Å². The van der Waals surface area contributed by atoms with E-state index in [1.807, 2.05) is 25.2 Å². The number of hydrogen-bond acceptors (Lipinski definition) is 4. The van der Waals surface area contributed by atoms with Gasteiger partial charge in [0.15, 0.2) is 5.82 Å². The maximum atomic E-state index is 12.5. The van der Waals surface area contributed by atoms with Gasteiger partial charge >= 0.3 is 0 Å². The molecule has 1 N–H and O–H groups in total. The molecule has 0 spiro atoms. The molecule has 0 aliphatic carbocycles. The predicted molar refractivity (Wildman–Crippen MR) is 93.4 cm³/mol. The van der Waals surface area contributed by atoms with Crippen LogP contribution in [0.25, 0.3) is 10.9 Å². The third-order valence-corrected chi connectivity index (χ3v) is 5.19. The first-order valence-electron chi connectivity index (χ1n) is 7.57. The zero-order chi connectivity index (χ0) is 17.7. The van der Waals surface area contributed by atoms with E-state index in [1.54, 1.807) is 11.7 Å². The van der Waals surface area contributed by atoms with Gasteiger partial charge < -0.3 is 0 Å². The Kier molecular flexibility index (Phi) is 3.67. The van der Waals surface area contributed by atoms with Crippen LogP contribution in [-0.2, 0) is 29.5 Å². The van der Waals surface area contributed by atoms with Crippen LogP contribution in [0.2, 0.25) is 0 Å².